The number of nitrogens with one attached hydrogen (secondary N) is 1. The van der Waals surface area contributed by atoms with E-state index in [2.05, 4.69) is 10.3 Å². The molecule has 6 heteroatoms. The lowest BCUT2D eigenvalue weighted by Gasteiger charge is -2.07. The first kappa shape index (κ1) is 11.4. The molecule has 1 aromatic carbocycles. The van der Waals surface area contributed by atoms with Gasteiger partial charge in [0, 0.05) is 17.7 Å². The summed E-state index contributed by atoms with van der Waals surface area (Å²) < 4.78 is 4.94. The zero-order valence-electron chi connectivity index (χ0n) is 9.64. The van der Waals surface area contributed by atoms with E-state index in [1.54, 1.807) is 12.1 Å². The highest BCUT2D eigenvalue weighted by molar-refractivity contribution is 6.00. The van der Waals surface area contributed by atoms with Gasteiger partial charge in [-0.25, -0.2) is 0 Å². The Bertz CT molecular complexity index is 485. The highest BCUT2D eigenvalue weighted by atomic mass is 16.6. The standard InChI is InChI=1S/C11H13N3O3/c1-7-6-12-11(13-7)8-3-4-10(17-2)9(5-8)14(15)16/h3-5,7H,6H2,1-2H3,(H,12,13). The van der Waals surface area contributed by atoms with Gasteiger partial charge in [0.15, 0.2) is 5.75 Å². The molecule has 1 unspecified atom stereocenters. The van der Waals surface area contributed by atoms with Gasteiger partial charge in [0.2, 0.25) is 0 Å². The fraction of sp³-hybridized carbons (Fsp3) is 0.364. The molecule has 90 valence electrons. The molecular formula is C11H13N3O3. The second kappa shape index (κ2) is 4.40. The van der Waals surface area contributed by atoms with E-state index < -0.39 is 4.92 Å². The van der Waals surface area contributed by atoms with Gasteiger partial charge in [-0.05, 0) is 19.1 Å². The molecule has 1 aromatic rings. The van der Waals surface area contributed by atoms with Gasteiger partial charge < -0.3 is 10.1 Å². The molecule has 1 heterocycles. The second-order valence-corrected chi connectivity index (χ2v) is 3.88. The maximum atomic E-state index is 10.9. The third-order valence-corrected chi connectivity index (χ3v) is 2.56. The number of nitro groups is 1. The summed E-state index contributed by atoms with van der Waals surface area (Å²) in [5.74, 6) is 0.952. The maximum Gasteiger partial charge on any atom is 0.311 e. The average molecular weight is 235 g/mol. The number of rotatable bonds is 3. The summed E-state index contributed by atoms with van der Waals surface area (Å²) in [6, 6.07) is 5.09. The van der Waals surface area contributed by atoms with Crippen LogP contribution in [0.2, 0.25) is 0 Å². The van der Waals surface area contributed by atoms with E-state index in [1.807, 2.05) is 6.92 Å². The summed E-state index contributed by atoms with van der Waals surface area (Å²) in [5, 5.41) is 14.0. The molecule has 0 amide bonds. The molecule has 0 aliphatic carbocycles. The van der Waals surface area contributed by atoms with Crippen molar-refractivity contribution in [2.45, 2.75) is 13.0 Å². The van der Waals surface area contributed by atoms with Crippen LogP contribution in [0.5, 0.6) is 5.75 Å². The molecule has 1 N–H and O–H groups in total. The summed E-state index contributed by atoms with van der Waals surface area (Å²) in [6.07, 6.45) is 0. The number of ether oxygens (including phenoxy) is 1. The van der Waals surface area contributed by atoms with Crippen molar-refractivity contribution < 1.29 is 9.66 Å². The van der Waals surface area contributed by atoms with Gasteiger partial charge in [0.25, 0.3) is 0 Å². The summed E-state index contributed by atoms with van der Waals surface area (Å²) in [5.41, 5.74) is 0.663. The van der Waals surface area contributed by atoms with Gasteiger partial charge in [-0.3, -0.25) is 15.1 Å². The van der Waals surface area contributed by atoms with Crippen molar-refractivity contribution in [1.82, 2.24) is 5.32 Å². The summed E-state index contributed by atoms with van der Waals surface area (Å²) in [6.45, 7) is 2.70. The van der Waals surface area contributed by atoms with Gasteiger partial charge in [0.1, 0.15) is 5.84 Å². The first-order valence-electron chi connectivity index (χ1n) is 5.25. The Kier molecular flexibility index (Phi) is 2.95. The Morgan fingerprint density at radius 1 is 1.59 bits per heavy atom. The Morgan fingerprint density at radius 3 is 2.88 bits per heavy atom. The minimum absolute atomic E-state index is 0.0472. The molecule has 0 aromatic heterocycles. The Labute approximate surface area is 98.5 Å². The van der Waals surface area contributed by atoms with E-state index >= 15 is 0 Å². The van der Waals surface area contributed by atoms with Crippen LogP contribution in [0.1, 0.15) is 12.5 Å². The van der Waals surface area contributed by atoms with Crippen LogP contribution in [0.4, 0.5) is 5.69 Å². The number of aliphatic imine (C=N–C) groups is 1. The molecule has 0 saturated heterocycles. The number of amidine groups is 1. The maximum absolute atomic E-state index is 10.9. The minimum atomic E-state index is -0.457. The predicted molar refractivity (Wildman–Crippen MR) is 63.7 cm³/mol. The van der Waals surface area contributed by atoms with Crippen molar-refractivity contribution in [3.8, 4) is 5.75 Å². The van der Waals surface area contributed by atoms with Gasteiger partial charge >= 0.3 is 5.69 Å². The van der Waals surface area contributed by atoms with Crippen LogP contribution in [0.15, 0.2) is 23.2 Å². The van der Waals surface area contributed by atoms with Gasteiger partial charge in [-0.1, -0.05) is 0 Å². The monoisotopic (exact) mass is 235 g/mol. The molecular weight excluding hydrogens is 222 g/mol. The number of benzene rings is 1. The van der Waals surface area contributed by atoms with Crippen LogP contribution < -0.4 is 10.1 Å². The third-order valence-electron chi connectivity index (χ3n) is 2.56. The SMILES string of the molecule is COc1ccc(C2=NCC(C)N2)cc1[N+](=O)[O-]. The molecule has 6 nitrogen and oxygen atoms in total. The number of hydrogen-bond donors (Lipinski definition) is 1. The number of nitro benzene ring substituents is 1. The highest BCUT2D eigenvalue weighted by Gasteiger charge is 2.20. The Hall–Kier alpha value is -2.11. The van der Waals surface area contributed by atoms with Crippen LogP contribution in [-0.2, 0) is 0 Å². The topological polar surface area (TPSA) is 76.8 Å². The molecule has 0 saturated carbocycles. The van der Waals surface area contributed by atoms with Crippen molar-refractivity contribution >= 4 is 11.5 Å². The van der Waals surface area contributed by atoms with Gasteiger partial charge in [-0.2, -0.15) is 0 Å². The van der Waals surface area contributed by atoms with Crippen molar-refractivity contribution in [2.24, 2.45) is 4.99 Å². The van der Waals surface area contributed by atoms with E-state index in [0.29, 0.717) is 17.9 Å². The molecule has 0 fully saturated rings. The summed E-state index contributed by atoms with van der Waals surface area (Å²) in [4.78, 5) is 14.7. The van der Waals surface area contributed by atoms with E-state index in [0.717, 1.165) is 0 Å². The molecule has 0 bridgehead atoms. The van der Waals surface area contributed by atoms with Crippen molar-refractivity contribution in [3.63, 3.8) is 0 Å². The average Bonchev–Trinajstić information content (AvgIpc) is 2.75. The fourth-order valence-electron chi connectivity index (χ4n) is 1.71. The lowest BCUT2D eigenvalue weighted by Crippen LogP contribution is -2.27. The lowest BCUT2D eigenvalue weighted by molar-refractivity contribution is -0.385. The van der Waals surface area contributed by atoms with Crippen LogP contribution in [-0.4, -0.2) is 30.5 Å². The van der Waals surface area contributed by atoms with Crippen molar-refractivity contribution in [2.75, 3.05) is 13.7 Å². The molecule has 1 atom stereocenters. The Balaban J connectivity index is 2.37. The zero-order valence-corrected chi connectivity index (χ0v) is 9.64. The van der Waals surface area contributed by atoms with Crippen LogP contribution >= 0.6 is 0 Å². The number of nitrogens with zero attached hydrogens (tertiary/aromatic N) is 2. The third kappa shape index (κ3) is 2.20. The highest BCUT2D eigenvalue weighted by Crippen LogP contribution is 2.27. The van der Waals surface area contributed by atoms with E-state index in [-0.39, 0.29) is 17.5 Å². The van der Waals surface area contributed by atoms with E-state index in [1.165, 1.54) is 13.2 Å². The van der Waals surface area contributed by atoms with Crippen LogP contribution in [0.3, 0.4) is 0 Å². The molecule has 17 heavy (non-hydrogen) atoms. The first-order chi connectivity index (χ1) is 8.11. The van der Waals surface area contributed by atoms with Gasteiger partial charge in [-0.15, -0.1) is 0 Å². The van der Waals surface area contributed by atoms with Crippen LogP contribution in [0.25, 0.3) is 0 Å². The van der Waals surface area contributed by atoms with Gasteiger partial charge in [0.05, 0.1) is 18.6 Å². The zero-order chi connectivity index (χ0) is 12.4. The Morgan fingerprint density at radius 2 is 2.35 bits per heavy atom. The smallest absolute Gasteiger partial charge is 0.311 e. The van der Waals surface area contributed by atoms with E-state index in [9.17, 15) is 10.1 Å². The predicted octanol–water partition coefficient (Wildman–Crippen LogP) is 1.34. The molecule has 2 rings (SSSR count). The van der Waals surface area contributed by atoms with Crippen LogP contribution in [0, 0.1) is 10.1 Å². The van der Waals surface area contributed by atoms with Crippen molar-refractivity contribution in [3.05, 3.63) is 33.9 Å². The largest absolute Gasteiger partial charge is 0.490 e. The number of methoxy groups -OCH3 is 1. The van der Waals surface area contributed by atoms with Crippen molar-refractivity contribution in [1.29, 1.82) is 0 Å². The second-order valence-electron chi connectivity index (χ2n) is 3.88. The normalized spacial score (nSPS) is 18.5. The quantitative estimate of drug-likeness (QED) is 0.633. The molecule has 0 radical (unpaired) electrons. The number of hydrogen-bond acceptors (Lipinski definition) is 5. The fourth-order valence-corrected chi connectivity index (χ4v) is 1.71. The molecule has 1 aliphatic rings. The summed E-state index contributed by atoms with van der Waals surface area (Å²) in [7, 11) is 1.41. The van der Waals surface area contributed by atoms with E-state index in [4.69, 9.17) is 4.74 Å². The summed E-state index contributed by atoms with van der Waals surface area (Å²) >= 11 is 0. The minimum Gasteiger partial charge on any atom is -0.490 e. The first-order valence-corrected chi connectivity index (χ1v) is 5.25. The molecule has 1 aliphatic heterocycles. The molecule has 0 spiro atoms. The lowest BCUT2D eigenvalue weighted by atomic mass is 10.1.